The molecule has 1 heterocycles. The third-order valence-electron chi connectivity index (χ3n) is 3.00. The zero-order valence-corrected chi connectivity index (χ0v) is 10.4. The summed E-state index contributed by atoms with van der Waals surface area (Å²) in [5.74, 6) is -0.426. The first-order chi connectivity index (χ1) is 8.65. The zero-order valence-electron chi connectivity index (χ0n) is 10.4. The number of nitrogens with zero attached hydrogens (tertiary/aromatic N) is 2. The van der Waals surface area contributed by atoms with E-state index in [1.807, 2.05) is 11.9 Å². The third-order valence-corrected chi connectivity index (χ3v) is 3.00. The maximum Gasteiger partial charge on any atom is 0.262 e. The normalized spacial score (nSPS) is 14.5. The maximum atomic E-state index is 12.1. The zero-order chi connectivity index (χ0) is 13.1. The smallest absolute Gasteiger partial charge is 0.262 e. The van der Waals surface area contributed by atoms with Crippen LogP contribution in [0.3, 0.4) is 0 Å². The molecular formula is C13H17N3O2. The van der Waals surface area contributed by atoms with Crippen molar-refractivity contribution in [2.75, 3.05) is 26.8 Å². The van der Waals surface area contributed by atoms with Gasteiger partial charge in [0.05, 0.1) is 17.8 Å². The third kappa shape index (κ3) is 2.27. The molecule has 2 rings (SSSR count). The fourth-order valence-electron chi connectivity index (χ4n) is 2.04. The van der Waals surface area contributed by atoms with Gasteiger partial charge in [0.25, 0.3) is 11.8 Å². The van der Waals surface area contributed by atoms with E-state index in [2.05, 4.69) is 0 Å². The van der Waals surface area contributed by atoms with E-state index in [1.165, 1.54) is 4.90 Å². The van der Waals surface area contributed by atoms with E-state index < -0.39 is 0 Å². The number of fused-ring (bicyclic) bond motifs is 1. The summed E-state index contributed by atoms with van der Waals surface area (Å²) in [6.45, 7) is 1.68. The summed E-state index contributed by atoms with van der Waals surface area (Å²) in [5.41, 5.74) is 6.42. The summed E-state index contributed by atoms with van der Waals surface area (Å²) in [4.78, 5) is 27.3. The average Bonchev–Trinajstić information content (AvgIpc) is 2.62. The van der Waals surface area contributed by atoms with Crippen LogP contribution in [0.1, 0.15) is 27.1 Å². The molecule has 0 fully saturated rings. The van der Waals surface area contributed by atoms with Crippen molar-refractivity contribution in [1.29, 1.82) is 0 Å². The van der Waals surface area contributed by atoms with Gasteiger partial charge in [0.15, 0.2) is 0 Å². The molecule has 0 aliphatic carbocycles. The predicted octanol–water partition coefficient (Wildman–Crippen LogP) is 0.521. The van der Waals surface area contributed by atoms with Crippen molar-refractivity contribution in [1.82, 2.24) is 9.80 Å². The Kier molecular flexibility index (Phi) is 3.74. The molecule has 0 spiro atoms. The molecule has 0 unspecified atom stereocenters. The van der Waals surface area contributed by atoms with Crippen LogP contribution in [0.15, 0.2) is 24.3 Å². The Hall–Kier alpha value is -1.72. The quantitative estimate of drug-likeness (QED) is 0.770. The Morgan fingerprint density at radius 2 is 1.72 bits per heavy atom. The highest BCUT2D eigenvalue weighted by Gasteiger charge is 2.35. The van der Waals surface area contributed by atoms with Crippen LogP contribution in [0.25, 0.3) is 0 Å². The first kappa shape index (κ1) is 12.7. The van der Waals surface area contributed by atoms with Crippen LogP contribution >= 0.6 is 0 Å². The van der Waals surface area contributed by atoms with Gasteiger partial charge in [0.2, 0.25) is 0 Å². The van der Waals surface area contributed by atoms with E-state index >= 15 is 0 Å². The summed E-state index contributed by atoms with van der Waals surface area (Å²) in [5, 5.41) is 0. The molecule has 1 aliphatic rings. The predicted molar refractivity (Wildman–Crippen MR) is 68.1 cm³/mol. The van der Waals surface area contributed by atoms with Crippen LogP contribution in [0.2, 0.25) is 0 Å². The van der Waals surface area contributed by atoms with Gasteiger partial charge in [-0.25, -0.2) is 0 Å². The SMILES string of the molecule is CN(CCCN)CN1C(=O)c2ccccc2C1=O. The minimum absolute atomic E-state index is 0.213. The summed E-state index contributed by atoms with van der Waals surface area (Å²) in [6.07, 6.45) is 0.847. The first-order valence-electron chi connectivity index (χ1n) is 5.99. The van der Waals surface area contributed by atoms with Crippen molar-refractivity contribution in [2.24, 2.45) is 5.73 Å². The molecule has 2 amide bonds. The van der Waals surface area contributed by atoms with Gasteiger partial charge in [0.1, 0.15) is 0 Å². The topological polar surface area (TPSA) is 66.6 Å². The Labute approximate surface area is 106 Å². The molecule has 1 aromatic rings. The highest BCUT2D eigenvalue weighted by Crippen LogP contribution is 2.22. The monoisotopic (exact) mass is 247 g/mol. The molecule has 0 aromatic heterocycles. The molecule has 18 heavy (non-hydrogen) atoms. The fourth-order valence-corrected chi connectivity index (χ4v) is 2.04. The Morgan fingerprint density at radius 1 is 1.17 bits per heavy atom. The Bertz CT molecular complexity index is 438. The molecular weight excluding hydrogens is 230 g/mol. The number of hydrogen-bond donors (Lipinski definition) is 1. The lowest BCUT2D eigenvalue weighted by Crippen LogP contribution is -2.40. The van der Waals surface area contributed by atoms with Gasteiger partial charge in [-0.2, -0.15) is 0 Å². The van der Waals surface area contributed by atoms with Gasteiger partial charge >= 0.3 is 0 Å². The minimum atomic E-state index is -0.213. The highest BCUT2D eigenvalue weighted by atomic mass is 16.2. The second-order valence-corrected chi connectivity index (χ2v) is 4.45. The van der Waals surface area contributed by atoms with Crippen LogP contribution in [0.4, 0.5) is 0 Å². The molecule has 96 valence electrons. The van der Waals surface area contributed by atoms with E-state index in [0.29, 0.717) is 24.3 Å². The first-order valence-corrected chi connectivity index (χ1v) is 5.99. The number of carbonyl (C=O) groups is 2. The standard InChI is InChI=1S/C13H17N3O2/c1-15(8-4-7-14)9-16-12(17)10-5-2-3-6-11(10)13(16)18/h2-3,5-6H,4,7-9,14H2,1H3. The van der Waals surface area contributed by atoms with Gasteiger partial charge < -0.3 is 5.73 Å². The van der Waals surface area contributed by atoms with Crippen molar-refractivity contribution >= 4 is 11.8 Å². The molecule has 0 radical (unpaired) electrons. The van der Waals surface area contributed by atoms with Crippen LogP contribution in [-0.4, -0.2) is 48.4 Å². The summed E-state index contributed by atoms with van der Waals surface area (Å²) >= 11 is 0. The second-order valence-electron chi connectivity index (χ2n) is 4.45. The second kappa shape index (κ2) is 5.29. The number of nitrogens with two attached hydrogens (primary N) is 1. The number of carbonyl (C=O) groups excluding carboxylic acids is 2. The largest absolute Gasteiger partial charge is 0.330 e. The van der Waals surface area contributed by atoms with E-state index in [1.54, 1.807) is 24.3 Å². The molecule has 5 nitrogen and oxygen atoms in total. The number of imide groups is 1. The maximum absolute atomic E-state index is 12.1. The minimum Gasteiger partial charge on any atom is -0.330 e. The molecule has 1 aromatic carbocycles. The van der Waals surface area contributed by atoms with Gasteiger partial charge in [0, 0.05) is 6.54 Å². The van der Waals surface area contributed by atoms with E-state index in [9.17, 15) is 9.59 Å². The Balaban J connectivity index is 2.09. The van der Waals surface area contributed by atoms with Crippen molar-refractivity contribution in [3.8, 4) is 0 Å². The highest BCUT2D eigenvalue weighted by molar-refractivity contribution is 6.21. The summed E-state index contributed by atoms with van der Waals surface area (Å²) < 4.78 is 0. The molecule has 0 saturated heterocycles. The summed E-state index contributed by atoms with van der Waals surface area (Å²) in [6, 6.07) is 6.92. The molecule has 0 bridgehead atoms. The molecule has 1 aliphatic heterocycles. The van der Waals surface area contributed by atoms with Gasteiger partial charge in [-0.3, -0.25) is 19.4 Å². The lowest BCUT2D eigenvalue weighted by Gasteiger charge is -2.22. The summed E-state index contributed by atoms with van der Waals surface area (Å²) in [7, 11) is 1.87. The van der Waals surface area contributed by atoms with Gasteiger partial charge in [-0.05, 0) is 32.1 Å². The molecule has 0 atom stereocenters. The van der Waals surface area contributed by atoms with Crippen molar-refractivity contribution < 1.29 is 9.59 Å². The lowest BCUT2D eigenvalue weighted by molar-refractivity contribution is 0.0565. The van der Waals surface area contributed by atoms with Crippen molar-refractivity contribution in [2.45, 2.75) is 6.42 Å². The molecule has 5 heteroatoms. The van der Waals surface area contributed by atoms with Crippen LogP contribution in [0, 0.1) is 0 Å². The number of benzene rings is 1. The van der Waals surface area contributed by atoms with Gasteiger partial charge in [-0.15, -0.1) is 0 Å². The Morgan fingerprint density at radius 3 is 2.22 bits per heavy atom. The average molecular weight is 247 g/mol. The van der Waals surface area contributed by atoms with Crippen molar-refractivity contribution in [3.63, 3.8) is 0 Å². The molecule has 2 N–H and O–H groups in total. The van der Waals surface area contributed by atoms with Crippen LogP contribution < -0.4 is 5.73 Å². The lowest BCUT2D eigenvalue weighted by atomic mass is 10.1. The fraction of sp³-hybridized carbons (Fsp3) is 0.385. The van der Waals surface area contributed by atoms with Crippen molar-refractivity contribution in [3.05, 3.63) is 35.4 Å². The number of hydrogen-bond acceptors (Lipinski definition) is 4. The van der Waals surface area contributed by atoms with E-state index in [-0.39, 0.29) is 11.8 Å². The van der Waals surface area contributed by atoms with Crippen LogP contribution in [0.5, 0.6) is 0 Å². The van der Waals surface area contributed by atoms with E-state index in [0.717, 1.165) is 13.0 Å². The number of amides is 2. The van der Waals surface area contributed by atoms with Crippen LogP contribution in [-0.2, 0) is 0 Å². The van der Waals surface area contributed by atoms with Gasteiger partial charge in [-0.1, -0.05) is 12.1 Å². The number of rotatable bonds is 5. The van der Waals surface area contributed by atoms with E-state index in [4.69, 9.17) is 5.73 Å². The molecule has 0 saturated carbocycles.